The summed E-state index contributed by atoms with van der Waals surface area (Å²) in [5, 5.41) is 6.90. The summed E-state index contributed by atoms with van der Waals surface area (Å²) < 4.78 is 5.40. The summed E-state index contributed by atoms with van der Waals surface area (Å²) in [6.07, 6.45) is 4.68. The minimum absolute atomic E-state index is 0.0171. The number of benzene rings is 1. The summed E-state index contributed by atoms with van der Waals surface area (Å²) in [7, 11) is 3.50. The van der Waals surface area contributed by atoms with Gasteiger partial charge >= 0.3 is 0 Å². The van der Waals surface area contributed by atoms with Crippen LogP contribution in [-0.2, 0) is 17.8 Å². The highest BCUT2D eigenvalue weighted by molar-refractivity contribution is 5.84. The Bertz CT molecular complexity index is 789. The molecule has 162 valence electrons. The molecular weight excluding hydrogens is 378 g/mol. The fourth-order valence-corrected chi connectivity index (χ4v) is 3.55. The van der Waals surface area contributed by atoms with E-state index in [0.717, 1.165) is 44.7 Å². The Morgan fingerprint density at radius 1 is 1.23 bits per heavy atom. The van der Waals surface area contributed by atoms with E-state index in [1.165, 1.54) is 5.56 Å². The molecule has 1 fully saturated rings. The van der Waals surface area contributed by atoms with Crippen molar-refractivity contribution in [3.63, 3.8) is 0 Å². The zero-order chi connectivity index (χ0) is 21.2. The monoisotopic (exact) mass is 411 g/mol. The zero-order valence-corrected chi connectivity index (χ0v) is 18.0. The zero-order valence-electron chi connectivity index (χ0n) is 18.0. The van der Waals surface area contributed by atoms with Gasteiger partial charge in [0.05, 0.1) is 6.26 Å². The molecule has 1 aromatic carbocycles. The Morgan fingerprint density at radius 3 is 2.80 bits per heavy atom. The second-order valence-corrected chi connectivity index (χ2v) is 7.91. The third kappa shape index (κ3) is 7.22. The number of nitrogens with zero attached hydrogens (tertiary/aromatic N) is 3. The summed E-state index contributed by atoms with van der Waals surface area (Å²) in [6, 6.07) is 14.7. The van der Waals surface area contributed by atoms with Crippen LogP contribution in [0.2, 0.25) is 0 Å². The molecule has 1 atom stereocenters. The quantitative estimate of drug-likeness (QED) is 0.514. The van der Waals surface area contributed by atoms with E-state index in [2.05, 4.69) is 50.9 Å². The first-order valence-corrected chi connectivity index (χ1v) is 10.6. The fraction of sp³-hybridized carbons (Fsp3) is 0.478. The van der Waals surface area contributed by atoms with Crippen molar-refractivity contribution in [1.29, 1.82) is 0 Å². The molecule has 2 heterocycles. The molecule has 0 aliphatic carbocycles. The smallest absolute Gasteiger partial charge is 0.243 e. The lowest BCUT2D eigenvalue weighted by atomic mass is 10.0. The van der Waals surface area contributed by atoms with Crippen LogP contribution < -0.4 is 10.6 Å². The number of hydrogen-bond acceptors (Lipinski definition) is 4. The summed E-state index contributed by atoms with van der Waals surface area (Å²) in [5.74, 6) is 1.60. The van der Waals surface area contributed by atoms with Gasteiger partial charge in [-0.2, -0.15) is 0 Å². The van der Waals surface area contributed by atoms with Crippen LogP contribution >= 0.6 is 0 Å². The van der Waals surface area contributed by atoms with Crippen molar-refractivity contribution in [1.82, 2.24) is 20.4 Å². The van der Waals surface area contributed by atoms with Crippen molar-refractivity contribution in [3.05, 3.63) is 60.1 Å². The van der Waals surface area contributed by atoms with Crippen molar-refractivity contribution < 1.29 is 9.21 Å². The lowest BCUT2D eigenvalue weighted by molar-refractivity contribution is -0.127. The highest BCUT2D eigenvalue weighted by Crippen LogP contribution is 2.13. The Hall–Kier alpha value is -2.80. The molecule has 1 unspecified atom stereocenters. The first kappa shape index (κ1) is 21.9. The molecule has 1 aliphatic rings. The molecule has 2 N–H and O–H groups in total. The van der Waals surface area contributed by atoms with Crippen molar-refractivity contribution >= 4 is 11.9 Å². The van der Waals surface area contributed by atoms with E-state index in [9.17, 15) is 4.79 Å². The molecule has 3 rings (SSSR count). The standard InChI is InChI=1S/C23H33N5O2/c1-27(2)22(29)16-25-23(24-13-12-21-11-7-15-30-21)26-20-10-6-14-28(18-20)17-19-8-4-3-5-9-19/h3-5,7-9,11,15,20H,6,10,12-14,16-18H2,1-2H3,(H2,24,25,26). The Morgan fingerprint density at radius 2 is 2.07 bits per heavy atom. The largest absolute Gasteiger partial charge is 0.469 e. The number of rotatable bonds is 8. The predicted octanol–water partition coefficient (Wildman–Crippen LogP) is 2.11. The average Bonchev–Trinajstić information content (AvgIpc) is 3.26. The third-order valence-electron chi connectivity index (χ3n) is 5.21. The summed E-state index contributed by atoms with van der Waals surface area (Å²) >= 11 is 0. The minimum Gasteiger partial charge on any atom is -0.469 e. The van der Waals surface area contributed by atoms with Crippen molar-refractivity contribution in [2.75, 3.05) is 40.3 Å². The van der Waals surface area contributed by atoms with E-state index >= 15 is 0 Å². The van der Waals surface area contributed by atoms with Gasteiger partial charge in [-0.15, -0.1) is 0 Å². The lowest BCUT2D eigenvalue weighted by Crippen LogP contribution is -2.51. The third-order valence-corrected chi connectivity index (χ3v) is 5.21. The number of carbonyl (C=O) groups is 1. The second kappa shape index (κ2) is 11.4. The topological polar surface area (TPSA) is 73.1 Å². The number of hydrogen-bond donors (Lipinski definition) is 2. The summed E-state index contributed by atoms with van der Waals surface area (Å²) in [4.78, 5) is 20.6. The number of piperidine rings is 1. The first-order valence-electron chi connectivity index (χ1n) is 10.6. The van der Waals surface area contributed by atoms with Gasteiger partial charge in [0.25, 0.3) is 0 Å². The molecule has 30 heavy (non-hydrogen) atoms. The number of aliphatic imine (C=N–C) groups is 1. The second-order valence-electron chi connectivity index (χ2n) is 7.91. The Labute approximate surface area is 179 Å². The van der Waals surface area contributed by atoms with Gasteiger partial charge in [0.2, 0.25) is 5.91 Å². The SMILES string of the molecule is CN(C)C(=O)CN=C(NCCc1ccco1)NC1CCCN(Cc2ccccc2)C1. The van der Waals surface area contributed by atoms with E-state index in [0.29, 0.717) is 18.5 Å². The highest BCUT2D eigenvalue weighted by atomic mass is 16.3. The van der Waals surface area contributed by atoms with E-state index in [1.807, 2.05) is 12.1 Å². The van der Waals surface area contributed by atoms with Crippen LogP contribution in [0.3, 0.4) is 0 Å². The van der Waals surface area contributed by atoms with Crippen LogP contribution in [-0.4, -0.2) is 68.0 Å². The number of amides is 1. The fourth-order valence-electron chi connectivity index (χ4n) is 3.55. The van der Waals surface area contributed by atoms with Gasteiger partial charge in [0, 0.05) is 46.2 Å². The van der Waals surface area contributed by atoms with E-state index in [-0.39, 0.29) is 12.5 Å². The molecule has 0 bridgehead atoms. The van der Waals surface area contributed by atoms with Crippen LogP contribution in [0.5, 0.6) is 0 Å². The van der Waals surface area contributed by atoms with Crippen molar-refractivity contribution in [3.8, 4) is 0 Å². The number of carbonyl (C=O) groups excluding carboxylic acids is 1. The molecular formula is C23H33N5O2. The normalized spacial score (nSPS) is 17.5. The predicted molar refractivity (Wildman–Crippen MR) is 119 cm³/mol. The van der Waals surface area contributed by atoms with Gasteiger partial charge in [-0.05, 0) is 37.1 Å². The maximum Gasteiger partial charge on any atom is 0.243 e. The summed E-state index contributed by atoms with van der Waals surface area (Å²) in [5.41, 5.74) is 1.33. The number of guanidine groups is 1. The molecule has 0 radical (unpaired) electrons. The maximum absolute atomic E-state index is 12.0. The summed E-state index contributed by atoms with van der Waals surface area (Å²) in [6.45, 7) is 3.83. The van der Waals surface area contributed by atoms with Gasteiger partial charge in [0.15, 0.2) is 5.96 Å². The number of nitrogens with one attached hydrogen (secondary N) is 2. The lowest BCUT2D eigenvalue weighted by Gasteiger charge is -2.34. The number of likely N-dealkylation sites (N-methyl/N-ethyl adjacent to an activating group) is 1. The molecule has 1 aromatic heterocycles. The highest BCUT2D eigenvalue weighted by Gasteiger charge is 2.21. The molecule has 1 aliphatic heterocycles. The van der Waals surface area contributed by atoms with Gasteiger partial charge in [0.1, 0.15) is 12.3 Å². The molecule has 7 heteroatoms. The molecule has 0 spiro atoms. The molecule has 7 nitrogen and oxygen atoms in total. The van der Waals surface area contributed by atoms with E-state index in [4.69, 9.17) is 4.42 Å². The van der Waals surface area contributed by atoms with Crippen molar-refractivity contribution in [2.45, 2.75) is 31.8 Å². The van der Waals surface area contributed by atoms with E-state index in [1.54, 1.807) is 25.3 Å². The van der Waals surface area contributed by atoms with E-state index < -0.39 is 0 Å². The van der Waals surface area contributed by atoms with Crippen LogP contribution in [0.25, 0.3) is 0 Å². The number of likely N-dealkylation sites (tertiary alicyclic amines) is 1. The minimum atomic E-state index is -0.0171. The van der Waals surface area contributed by atoms with Crippen LogP contribution in [0.15, 0.2) is 58.1 Å². The average molecular weight is 412 g/mol. The van der Waals surface area contributed by atoms with Crippen LogP contribution in [0.1, 0.15) is 24.2 Å². The Kier molecular flexibility index (Phi) is 8.32. The molecule has 2 aromatic rings. The van der Waals surface area contributed by atoms with Gasteiger partial charge < -0.3 is 20.0 Å². The van der Waals surface area contributed by atoms with Gasteiger partial charge in [-0.25, -0.2) is 4.99 Å². The van der Waals surface area contributed by atoms with Crippen molar-refractivity contribution in [2.24, 2.45) is 4.99 Å². The number of furan rings is 1. The molecule has 0 saturated carbocycles. The van der Waals surface area contributed by atoms with Crippen LogP contribution in [0.4, 0.5) is 0 Å². The maximum atomic E-state index is 12.0. The molecule has 1 saturated heterocycles. The van der Waals surface area contributed by atoms with Gasteiger partial charge in [-0.1, -0.05) is 30.3 Å². The first-order chi connectivity index (χ1) is 14.6. The Balaban J connectivity index is 1.55. The van der Waals surface area contributed by atoms with Crippen LogP contribution in [0, 0.1) is 0 Å². The molecule has 1 amide bonds. The van der Waals surface area contributed by atoms with Gasteiger partial charge in [-0.3, -0.25) is 9.69 Å².